The molecule has 1 atom stereocenters. The fraction of sp³-hybridized carbons (Fsp3) is 0.261. The van der Waals surface area contributed by atoms with Crippen LogP contribution in [0, 0.1) is 6.92 Å². The molecule has 2 heterocycles. The van der Waals surface area contributed by atoms with E-state index in [1.54, 1.807) is 16.4 Å². The lowest BCUT2D eigenvalue weighted by Crippen LogP contribution is -2.30. The minimum atomic E-state index is -3.53. The number of hydrogen-bond acceptors (Lipinski definition) is 4. The van der Waals surface area contributed by atoms with Crippen LogP contribution in [-0.4, -0.2) is 31.3 Å². The molecule has 1 aliphatic heterocycles. The largest absolute Gasteiger partial charge is 0.329 e. The Bertz CT molecular complexity index is 1070. The zero-order chi connectivity index (χ0) is 20.4. The van der Waals surface area contributed by atoms with E-state index in [2.05, 4.69) is 4.98 Å². The molecule has 2 aromatic carbocycles. The summed E-state index contributed by atoms with van der Waals surface area (Å²) < 4.78 is 28.0. The summed E-state index contributed by atoms with van der Waals surface area (Å²) >= 11 is 0. The Labute approximate surface area is 172 Å². The lowest BCUT2D eigenvalue weighted by atomic mass is 10.1. The van der Waals surface area contributed by atoms with Crippen LogP contribution in [0.4, 0.5) is 11.5 Å². The summed E-state index contributed by atoms with van der Waals surface area (Å²) in [4.78, 5) is 6.97. The highest BCUT2D eigenvalue weighted by atomic mass is 32.2. The van der Waals surface area contributed by atoms with Gasteiger partial charge in [-0.15, -0.1) is 0 Å². The molecule has 150 valence electrons. The topological polar surface area (TPSA) is 53.5 Å². The van der Waals surface area contributed by atoms with Crippen molar-refractivity contribution in [2.75, 3.05) is 18.5 Å². The Morgan fingerprint density at radius 1 is 1.00 bits per heavy atom. The molecule has 1 saturated heterocycles. The average molecular weight is 408 g/mol. The number of hydrogen-bond donors (Lipinski definition) is 0. The lowest BCUT2D eigenvalue weighted by molar-refractivity contribution is 0.396. The van der Waals surface area contributed by atoms with Crippen molar-refractivity contribution in [3.05, 3.63) is 84.1 Å². The van der Waals surface area contributed by atoms with Gasteiger partial charge < -0.3 is 4.90 Å². The van der Waals surface area contributed by atoms with Crippen molar-refractivity contribution in [2.45, 2.75) is 30.7 Å². The second-order valence-electron chi connectivity index (χ2n) is 7.43. The van der Waals surface area contributed by atoms with E-state index in [9.17, 15) is 8.42 Å². The van der Waals surface area contributed by atoms with Crippen LogP contribution in [0.3, 0.4) is 0 Å². The van der Waals surface area contributed by atoms with E-state index in [1.165, 1.54) is 0 Å². The van der Waals surface area contributed by atoms with E-state index < -0.39 is 10.0 Å². The molecule has 0 N–H and O–H groups in total. The number of para-hydroxylation sites is 1. The second kappa shape index (κ2) is 7.97. The number of sulfonamides is 1. The maximum atomic E-state index is 13.2. The van der Waals surface area contributed by atoms with Crippen LogP contribution in [0.15, 0.2) is 77.8 Å². The van der Waals surface area contributed by atoms with E-state index in [0.29, 0.717) is 11.4 Å². The third kappa shape index (κ3) is 3.91. The smallest absolute Gasteiger partial charge is 0.243 e. The third-order valence-corrected chi connectivity index (χ3v) is 7.40. The molecule has 29 heavy (non-hydrogen) atoms. The first-order valence-electron chi connectivity index (χ1n) is 9.80. The van der Waals surface area contributed by atoms with E-state index in [4.69, 9.17) is 0 Å². The standard InChI is InChI=1S/C23H25N3O2S/c1-18-10-13-21(14-11-18)29(27,28)26-16-6-9-22(26)19-12-15-23(24-17-19)25(2)20-7-4-3-5-8-20/h3-5,7-8,10-15,17,22H,6,9,16H2,1-2H3/t22-/m0/s1. The average Bonchev–Trinajstić information content (AvgIpc) is 3.25. The number of aromatic nitrogens is 1. The van der Waals surface area contributed by atoms with Crippen molar-refractivity contribution in [3.8, 4) is 0 Å². The minimum Gasteiger partial charge on any atom is -0.329 e. The van der Waals surface area contributed by atoms with Crippen molar-refractivity contribution >= 4 is 21.5 Å². The summed E-state index contributed by atoms with van der Waals surface area (Å²) in [5.74, 6) is 0.825. The number of aryl methyl sites for hydroxylation is 1. The van der Waals surface area contributed by atoms with Crippen molar-refractivity contribution in [1.29, 1.82) is 0 Å². The van der Waals surface area contributed by atoms with Crippen molar-refractivity contribution < 1.29 is 8.42 Å². The fourth-order valence-corrected chi connectivity index (χ4v) is 5.47. The quantitative estimate of drug-likeness (QED) is 0.616. The molecule has 3 aromatic rings. The number of nitrogens with zero attached hydrogens (tertiary/aromatic N) is 3. The molecule has 0 aliphatic carbocycles. The van der Waals surface area contributed by atoms with Crippen LogP contribution >= 0.6 is 0 Å². The van der Waals surface area contributed by atoms with Gasteiger partial charge in [0.1, 0.15) is 5.82 Å². The molecular weight excluding hydrogens is 382 g/mol. The fourth-order valence-electron chi connectivity index (χ4n) is 3.78. The molecule has 0 saturated carbocycles. The molecule has 0 radical (unpaired) electrons. The van der Waals surface area contributed by atoms with Crippen LogP contribution in [0.1, 0.15) is 30.0 Å². The monoisotopic (exact) mass is 407 g/mol. The van der Waals surface area contributed by atoms with E-state index in [0.717, 1.165) is 35.5 Å². The predicted octanol–water partition coefficient (Wildman–Crippen LogP) is 4.68. The summed E-state index contributed by atoms with van der Waals surface area (Å²) in [7, 11) is -1.55. The first-order valence-corrected chi connectivity index (χ1v) is 11.2. The molecule has 6 heteroatoms. The van der Waals surface area contributed by atoms with Gasteiger partial charge >= 0.3 is 0 Å². The zero-order valence-electron chi connectivity index (χ0n) is 16.7. The van der Waals surface area contributed by atoms with Gasteiger partial charge in [0, 0.05) is 25.5 Å². The molecule has 1 aromatic heterocycles. The van der Waals surface area contributed by atoms with Crippen LogP contribution in [0.25, 0.3) is 0 Å². The Morgan fingerprint density at radius 2 is 1.72 bits per heavy atom. The highest BCUT2D eigenvalue weighted by molar-refractivity contribution is 7.89. The van der Waals surface area contributed by atoms with Crippen LogP contribution < -0.4 is 4.90 Å². The Balaban J connectivity index is 1.58. The lowest BCUT2D eigenvalue weighted by Gasteiger charge is -2.25. The summed E-state index contributed by atoms with van der Waals surface area (Å²) in [5, 5.41) is 0. The van der Waals surface area contributed by atoms with Gasteiger partial charge in [-0.3, -0.25) is 0 Å². The molecule has 0 spiro atoms. The number of benzene rings is 2. The van der Waals surface area contributed by atoms with Crippen LogP contribution in [0.2, 0.25) is 0 Å². The molecule has 4 rings (SSSR count). The van der Waals surface area contributed by atoms with Gasteiger partial charge in [-0.1, -0.05) is 42.0 Å². The first-order chi connectivity index (χ1) is 14.0. The summed E-state index contributed by atoms with van der Waals surface area (Å²) in [6.45, 7) is 2.49. The van der Waals surface area contributed by atoms with Crippen molar-refractivity contribution in [3.63, 3.8) is 0 Å². The summed E-state index contributed by atoms with van der Waals surface area (Å²) in [6.07, 6.45) is 3.46. The Morgan fingerprint density at radius 3 is 2.38 bits per heavy atom. The maximum Gasteiger partial charge on any atom is 0.243 e. The molecule has 0 unspecified atom stereocenters. The summed E-state index contributed by atoms with van der Waals surface area (Å²) in [5.41, 5.74) is 3.03. The molecule has 0 bridgehead atoms. The van der Waals surface area contributed by atoms with Gasteiger partial charge in [-0.2, -0.15) is 4.31 Å². The van der Waals surface area contributed by atoms with Crippen molar-refractivity contribution in [2.24, 2.45) is 0 Å². The van der Waals surface area contributed by atoms with E-state index >= 15 is 0 Å². The normalized spacial score (nSPS) is 17.4. The molecule has 1 aliphatic rings. The molecule has 0 amide bonds. The molecule has 5 nitrogen and oxygen atoms in total. The van der Waals surface area contributed by atoms with Gasteiger partial charge in [0.25, 0.3) is 0 Å². The number of pyridine rings is 1. The van der Waals surface area contributed by atoms with Gasteiger partial charge in [-0.05, 0) is 55.7 Å². The molecular formula is C23H25N3O2S. The van der Waals surface area contributed by atoms with Gasteiger partial charge in [0.2, 0.25) is 10.0 Å². The van der Waals surface area contributed by atoms with Gasteiger partial charge in [-0.25, -0.2) is 13.4 Å². The zero-order valence-corrected chi connectivity index (χ0v) is 17.5. The van der Waals surface area contributed by atoms with Gasteiger partial charge in [0.15, 0.2) is 0 Å². The number of rotatable bonds is 5. The van der Waals surface area contributed by atoms with Gasteiger partial charge in [0.05, 0.1) is 10.9 Å². The predicted molar refractivity (Wildman–Crippen MR) is 116 cm³/mol. The summed E-state index contributed by atoms with van der Waals surface area (Å²) in [6, 6.07) is 20.9. The van der Waals surface area contributed by atoms with E-state index in [1.807, 2.05) is 79.7 Å². The first kappa shape index (κ1) is 19.6. The van der Waals surface area contributed by atoms with Crippen LogP contribution in [-0.2, 0) is 10.0 Å². The molecule has 1 fully saturated rings. The number of anilines is 2. The SMILES string of the molecule is Cc1ccc(S(=O)(=O)N2CCC[C@H]2c2ccc(N(C)c3ccccc3)nc2)cc1. The Kier molecular flexibility index (Phi) is 5.39. The highest BCUT2D eigenvalue weighted by Crippen LogP contribution is 2.37. The Hall–Kier alpha value is -2.70. The van der Waals surface area contributed by atoms with E-state index in [-0.39, 0.29) is 6.04 Å². The van der Waals surface area contributed by atoms with Crippen LogP contribution in [0.5, 0.6) is 0 Å². The van der Waals surface area contributed by atoms with Crippen molar-refractivity contribution in [1.82, 2.24) is 9.29 Å². The minimum absolute atomic E-state index is 0.176. The third-order valence-electron chi connectivity index (χ3n) is 5.47. The highest BCUT2D eigenvalue weighted by Gasteiger charge is 2.36. The maximum absolute atomic E-state index is 13.2. The second-order valence-corrected chi connectivity index (χ2v) is 9.32.